The number of nitrogens with one attached hydrogen (secondary N) is 2. The van der Waals surface area contributed by atoms with Crippen LogP contribution in [0.2, 0.25) is 0 Å². The van der Waals surface area contributed by atoms with Crippen LogP contribution in [0.5, 0.6) is 0 Å². The number of anilines is 1. The van der Waals surface area contributed by atoms with Crippen LogP contribution in [0.1, 0.15) is 39.4 Å². The van der Waals surface area contributed by atoms with Crippen LogP contribution in [0.4, 0.5) is 5.82 Å². The summed E-state index contributed by atoms with van der Waals surface area (Å²) < 4.78 is 5.21. The van der Waals surface area contributed by atoms with Crippen LogP contribution < -0.4 is 10.6 Å². The summed E-state index contributed by atoms with van der Waals surface area (Å²) in [6.07, 6.45) is 1.93. The second kappa shape index (κ2) is 4.49. The monoisotopic (exact) mass is 237 g/mol. The quantitative estimate of drug-likeness (QED) is 0.821. The molecule has 2 heterocycles. The highest BCUT2D eigenvalue weighted by molar-refractivity contribution is 5.94. The molecule has 0 bridgehead atoms. The summed E-state index contributed by atoms with van der Waals surface area (Å²) >= 11 is 0. The lowest BCUT2D eigenvalue weighted by Crippen LogP contribution is -2.35. The van der Waals surface area contributed by atoms with Crippen molar-refractivity contribution in [2.75, 3.05) is 11.9 Å². The Morgan fingerprint density at radius 2 is 2.35 bits per heavy atom. The summed E-state index contributed by atoms with van der Waals surface area (Å²) in [6, 6.07) is 1.69. The maximum Gasteiger partial charge on any atom is 0.242 e. The molecule has 0 spiro atoms. The van der Waals surface area contributed by atoms with Gasteiger partial charge in [0.05, 0.1) is 6.04 Å². The van der Waals surface area contributed by atoms with Gasteiger partial charge in [0.25, 0.3) is 0 Å². The number of carbonyl (C=O) groups excluding carboxylic acids is 1. The van der Waals surface area contributed by atoms with E-state index in [1.807, 2.05) is 20.8 Å². The molecule has 1 fully saturated rings. The van der Waals surface area contributed by atoms with Crippen LogP contribution in [0, 0.1) is 0 Å². The molecule has 2 rings (SSSR count). The lowest BCUT2D eigenvalue weighted by molar-refractivity contribution is -0.117. The number of carbonyl (C=O) groups is 1. The average molecular weight is 237 g/mol. The van der Waals surface area contributed by atoms with Gasteiger partial charge >= 0.3 is 0 Å². The number of nitrogens with zero attached hydrogens (tertiary/aromatic N) is 1. The van der Waals surface area contributed by atoms with Crippen LogP contribution in [0.3, 0.4) is 0 Å². The first-order valence-corrected chi connectivity index (χ1v) is 5.98. The number of hydrogen-bond acceptors (Lipinski definition) is 4. The summed E-state index contributed by atoms with van der Waals surface area (Å²) in [5.41, 5.74) is -0.0956. The molecule has 0 radical (unpaired) electrons. The Bertz CT molecular complexity index is 400. The van der Waals surface area contributed by atoms with E-state index >= 15 is 0 Å². The number of hydrogen-bond donors (Lipinski definition) is 2. The van der Waals surface area contributed by atoms with Gasteiger partial charge in [-0.05, 0) is 19.4 Å². The van der Waals surface area contributed by atoms with Gasteiger partial charge in [-0.3, -0.25) is 4.79 Å². The molecule has 0 unspecified atom stereocenters. The van der Waals surface area contributed by atoms with Crippen molar-refractivity contribution in [2.45, 2.75) is 45.1 Å². The van der Waals surface area contributed by atoms with E-state index in [0.29, 0.717) is 5.82 Å². The predicted molar refractivity (Wildman–Crippen MR) is 64.9 cm³/mol. The molecule has 0 aromatic carbocycles. The minimum atomic E-state index is -0.0956. The summed E-state index contributed by atoms with van der Waals surface area (Å²) in [5, 5.41) is 9.77. The molecule has 1 aromatic heterocycles. The fourth-order valence-corrected chi connectivity index (χ4v) is 1.81. The fourth-order valence-electron chi connectivity index (χ4n) is 1.81. The third-order valence-electron chi connectivity index (χ3n) is 2.88. The molecule has 94 valence electrons. The minimum Gasteiger partial charge on any atom is -0.359 e. The maximum atomic E-state index is 11.8. The molecule has 17 heavy (non-hydrogen) atoms. The zero-order chi connectivity index (χ0) is 12.5. The lowest BCUT2D eigenvalue weighted by atomic mass is 9.93. The van der Waals surface area contributed by atoms with Crippen molar-refractivity contribution >= 4 is 11.7 Å². The van der Waals surface area contributed by atoms with E-state index in [-0.39, 0.29) is 17.4 Å². The van der Waals surface area contributed by atoms with Crippen molar-refractivity contribution < 1.29 is 9.32 Å². The Labute approximate surface area is 101 Å². The smallest absolute Gasteiger partial charge is 0.242 e. The van der Waals surface area contributed by atoms with Crippen molar-refractivity contribution in [3.05, 3.63) is 11.8 Å². The summed E-state index contributed by atoms with van der Waals surface area (Å²) in [4.78, 5) is 11.8. The molecule has 0 saturated carbocycles. The van der Waals surface area contributed by atoms with Crippen molar-refractivity contribution in [2.24, 2.45) is 0 Å². The second-order valence-electron chi connectivity index (χ2n) is 5.46. The highest BCUT2D eigenvalue weighted by Gasteiger charge is 2.24. The molecule has 1 saturated heterocycles. The zero-order valence-electron chi connectivity index (χ0n) is 10.5. The van der Waals surface area contributed by atoms with E-state index in [1.165, 1.54) is 0 Å². The molecule has 1 aliphatic heterocycles. The third kappa shape index (κ3) is 2.85. The number of rotatable bonds is 2. The van der Waals surface area contributed by atoms with E-state index in [1.54, 1.807) is 6.07 Å². The van der Waals surface area contributed by atoms with E-state index in [2.05, 4.69) is 15.8 Å². The van der Waals surface area contributed by atoms with Gasteiger partial charge in [0.2, 0.25) is 5.91 Å². The first-order chi connectivity index (χ1) is 7.97. The molecular weight excluding hydrogens is 218 g/mol. The average Bonchev–Trinajstić information content (AvgIpc) is 2.85. The Hall–Kier alpha value is -1.36. The standard InChI is InChI=1S/C12H19N3O2/c1-12(2,3)9-7-10(15-17-9)14-11(16)8-5-4-6-13-8/h7-8,13H,4-6H2,1-3H3,(H,14,15,16)/t8-/m0/s1. The van der Waals surface area contributed by atoms with Crippen LogP contribution in [-0.4, -0.2) is 23.7 Å². The van der Waals surface area contributed by atoms with Gasteiger partial charge in [0, 0.05) is 11.5 Å². The lowest BCUT2D eigenvalue weighted by Gasteiger charge is -2.12. The van der Waals surface area contributed by atoms with Gasteiger partial charge in [0.15, 0.2) is 5.82 Å². The number of amides is 1. The van der Waals surface area contributed by atoms with Crippen molar-refractivity contribution in [1.29, 1.82) is 0 Å². The zero-order valence-corrected chi connectivity index (χ0v) is 10.5. The summed E-state index contributed by atoms with van der Waals surface area (Å²) in [5.74, 6) is 1.23. The highest BCUT2D eigenvalue weighted by Crippen LogP contribution is 2.24. The van der Waals surface area contributed by atoms with Gasteiger partial charge in [0.1, 0.15) is 5.76 Å². The van der Waals surface area contributed by atoms with Gasteiger partial charge in [-0.15, -0.1) is 0 Å². The van der Waals surface area contributed by atoms with E-state index in [9.17, 15) is 4.79 Å². The summed E-state index contributed by atoms with van der Waals surface area (Å²) in [7, 11) is 0. The Morgan fingerprint density at radius 3 is 2.88 bits per heavy atom. The van der Waals surface area contributed by atoms with E-state index in [0.717, 1.165) is 25.1 Å². The van der Waals surface area contributed by atoms with Crippen molar-refractivity contribution in [1.82, 2.24) is 10.5 Å². The van der Waals surface area contributed by atoms with Crippen LogP contribution >= 0.6 is 0 Å². The Balaban J connectivity index is 1.99. The van der Waals surface area contributed by atoms with Gasteiger partial charge < -0.3 is 15.2 Å². The molecule has 1 amide bonds. The Morgan fingerprint density at radius 1 is 1.59 bits per heavy atom. The van der Waals surface area contributed by atoms with Crippen LogP contribution in [0.15, 0.2) is 10.6 Å². The topological polar surface area (TPSA) is 67.2 Å². The van der Waals surface area contributed by atoms with Gasteiger partial charge in [-0.2, -0.15) is 0 Å². The molecule has 1 aromatic rings. The van der Waals surface area contributed by atoms with Crippen LogP contribution in [-0.2, 0) is 10.2 Å². The molecule has 1 atom stereocenters. The number of aromatic nitrogens is 1. The first-order valence-electron chi connectivity index (χ1n) is 5.98. The summed E-state index contributed by atoms with van der Waals surface area (Å²) in [6.45, 7) is 7.02. The normalized spacial score (nSPS) is 20.5. The predicted octanol–water partition coefficient (Wildman–Crippen LogP) is 1.66. The molecule has 5 heteroatoms. The van der Waals surface area contributed by atoms with E-state index in [4.69, 9.17) is 4.52 Å². The Kier molecular flexibility index (Phi) is 3.19. The fraction of sp³-hybridized carbons (Fsp3) is 0.667. The van der Waals surface area contributed by atoms with Crippen LogP contribution in [0.25, 0.3) is 0 Å². The highest BCUT2D eigenvalue weighted by atomic mass is 16.5. The maximum absolute atomic E-state index is 11.8. The van der Waals surface area contributed by atoms with Crippen molar-refractivity contribution in [3.8, 4) is 0 Å². The van der Waals surface area contributed by atoms with Gasteiger partial charge in [-0.1, -0.05) is 25.9 Å². The molecular formula is C12H19N3O2. The largest absolute Gasteiger partial charge is 0.359 e. The molecule has 0 aliphatic carbocycles. The first kappa shape index (κ1) is 12.1. The molecule has 1 aliphatic rings. The van der Waals surface area contributed by atoms with E-state index < -0.39 is 0 Å². The SMILES string of the molecule is CC(C)(C)c1cc(NC(=O)[C@@H]2CCCN2)no1. The third-order valence-corrected chi connectivity index (χ3v) is 2.88. The van der Waals surface area contributed by atoms with Gasteiger partial charge in [-0.25, -0.2) is 0 Å². The molecule has 5 nitrogen and oxygen atoms in total. The minimum absolute atomic E-state index is 0.0312. The van der Waals surface area contributed by atoms with Crippen molar-refractivity contribution in [3.63, 3.8) is 0 Å². The molecule has 2 N–H and O–H groups in total. The second-order valence-corrected chi connectivity index (χ2v) is 5.46.